The second kappa shape index (κ2) is 3.74. The summed E-state index contributed by atoms with van der Waals surface area (Å²) in [4.78, 5) is 2.14. The Morgan fingerprint density at radius 1 is 1.53 bits per heavy atom. The van der Waals surface area contributed by atoms with Crippen molar-refractivity contribution in [2.75, 3.05) is 11.9 Å². The van der Waals surface area contributed by atoms with Crippen LogP contribution in [0.1, 0.15) is 18.9 Å². The largest absolute Gasteiger partial charge is 0.508 e. The molecule has 1 aliphatic rings. The van der Waals surface area contributed by atoms with Crippen LogP contribution in [0.25, 0.3) is 0 Å². The molecule has 15 heavy (non-hydrogen) atoms. The number of rotatable bonds is 2. The summed E-state index contributed by atoms with van der Waals surface area (Å²) >= 11 is 0. The number of hydrogen-bond donors (Lipinski definition) is 2. The number of aromatic hydroxyl groups is 1. The first-order valence-electron chi connectivity index (χ1n) is 5.31. The van der Waals surface area contributed by atoms with Gasteiger partial charge in [-0.25, -0.2) is 0 Å². The van der Waals surface area contributed by atoms with Gasteiger partial charge in [0.05, 0.1) is 6.10 Å². The molecule has 0 radical (unpaired) electrons. The molecular weight excluding hydrogens is 190 g/mol. The number of likely N-dealkylation sites (N-methyl/N-ethyl adjacent to an activating group) is 1. The minimum atomic E-state index is -0.297. The maximum Gasteiger partial charge on any atom is 0.120 e. The molecule has 0 amide bonds. The number of phenolic OH excluding ortho intramolecular Hbond substituents is 1. The van der Waals surface area contributed by atoms with Crippen LogP contribution in [0.2, 0.25) is 0 Å². The summed E-state index contributed by atoms with van der Waals surface area (Å²) < 4.78 is 0. The number of phenols is 1. The Bertz CT molecular complexity index is 363. The monoisotopic (exact) mass is 207 g/mol. The van der Waals surface area contributed by atoms with E-state index in [1.54, 1.807) is 13.0 Å². The maximum absolute atomic E-state index is 9.71. The molecule has 0 spiro atoms. The second-order valence-corrected chi connectivity index (χ2v) is 4.33. The zero-order valence-electron chi connectivity index (χ0n) is 9.14. The molecule has 1 aromatic carbocycles. The zero-order chi connectivity index (χ0) is 11.0. The van der Waals surface area contributed by atoms with Gasteiger partial charge in [0.2, 0.25) is 0 Å². The highest BCUT2D eigenvalue weighted by Gasteiger charge is 2.28. The van der Waals surface area contributed by atoms with Crippen LogP contribution >= 0.6 is 0 Å². The van der Waals surface area contributed by atoms with Crippen molar-refractivity contribution in [3.05, 3.63) is 23.8 Å². The lowest BCUT2D eigenvalue weighted by atomic mass is 10.0. The molecule has 1 aliphatic heterocycles. The van der Waals surface area contributed by atoms with Crippen LogP contribution in [-0.2, 0) is 6.42 Å². The Kier molecular flexibility index (Phi) is 2.57. The average molecular weight is 207 g/mol. The van der Waals surface area contributed by atoms with E-state index in [0.29, 0.717) is 11.8 Å². The van der Waals surface area contributed by atoms with E-state index in [2.05, 4.69) is 4.90 Å². The van der Waals surface area contributed by atoms with Crippen molar-refractivity contribution >= 4 is 5.69 Å². The molecule has 0 aromatic heterocycles. The van der Waals surface area contributed by atoms with Crippen molar-refractivity contribution in [3.63, 3.8) is 0 Å². The smallest absolute Gasteiger partial charge is 0.120 e. The Labute approximate surface area is 90.0 Å². The predicted octanol–water partition coefficient (Wildman–Crippen LogP) is 1.52. The molecule has 0 aliphatic carbocycles. The van der Waals surface area contributed by atoms with Gasteiger partial charge in [-0.3, -0.25) is 0 Å². The average Bonchev–Trinajstić information content (AvgIpc) is 2.46. The number of benzene rings is 1. The van der Waals surface area contributed by atoms with Gasteiger partial charge in [0.25, 0.3) is 0 Å². The first-order chi connectivity index (χ1) is 7.09. The summed E-state index contributed by atoms with van der Waals surface area (Å²) in [5, 5.41) is 19.1. The van der Waals surface area contributed by atoms with Crippen LogP contribution in [0, 0.1) is 0 Å². The first-order valence-corrected chi connectivity index (χ1v) is 5.31. The third-order valence-electron chi connectivity index (χ3n) is 3.11. The standard InChI is InChI=1S/C12H17NO2/c1-8(14)6-9-7-10-11(13(9)2)4-3-5-12(10)15/h3-5,8-9,14-15H,6-7H2,1-2H3. The van der Waals surface area contributed by atoms with E-state index >= 15 is 0 Å². The Morgan fingerprint density at radius 3 is 2.87 bits per heavy atom. The lowest BCUT2D eigenvalue weighted by molar-refractivity contribution is 0.175. The molecule has 1 aromatic rings. The van der Waals surface area contributed by atoms with Crippen LogP contribution in [0.15, 0.2) is 18.2 Å². The number of anilines is 1. The number of hydrogen-bond acceptors (Lipinski definition) is 3. The summed E-state index contributed by atoms with van der Waals surface area (Å²) in [7, 11) is 2.01. The molecule has 2 N–H and O–H groups in total. The quantitative estimate of drug-likeness (QED) is 0.773. The van der Waals surface area contributed by atoms with E-state index < -0.39 is 0 Å². The second-order valence-electron chi connectivity index (χ2n) is 4.33. The zero-order valence-corrected chi connectivity index (χ0v) is 9.14. The minimum Gasteiger partial charge on any atom is -0.508 e. The lowest BCUT2D eigenvalue weighted by Gasteiger charge is -2.23. The fourth-order valence-corrected chi connectivity index (χ4v) is 2.31. The number of nitrogens with zero attached hydrogens (tertiary/aromatic N) is 1. The van der Waals surface area contributed by atoms with Gasteiger partial charge in [-0.05, 0) is 31.9 Å². The van der Waals surface area contributed by atoms with Gasteiger partial charge in [-0.15, -0.1) is 0 Å². The molecule has 0 fully saturated rings. The highest BCUT2D eigenvalue weighted by molar-refractivity contribution is 5.63. The van der Waals surface area contributed by atoms with Crippen molar-refractivity contribution in [3.8, 4) is 5.75 Å². The van der Waals surface area contributed by atoms with E-state index in [-0.39, 0.29) is 6.10 Å². The third kappa shape index (κ3) is 1.79. The highest BCUT2D eigenvalue weighted by atomic mass is 16.3. The topological polar surface area (TPSA) is 43.7 Å². The fraction of sp³-hybridized carbons (Fsp3) is 0.500. The fourth-order valence-electron chi connectivity index (χ4n) is 2.31. The van der Waals surface area contributed by atoms with Crippen LogP contribution < -0.4 is 4.90 Å². The molecule has 1 heterocycles. The van der Waals surface area contributed by atoms with Gasteiger partial charge < -0.3 is 15.1 Å². The summed E-state index contributed by atoms with van der Waals surface area (Å²) in [6.45, 7) is 1.80. The summed E-state index contributed by atoms with van der Waals surface area (Å²) in [6, 6.07) is 5.89. The Balaban J connectivity index is 2.25. The molecule has 82 valence electrons. The molecule has 0 saturated heterocycles. The Hall–Kier alpha value is -1.22. The lowest BCUT2D eigenvalue weighted by Crippen LogP contribution is -2.30. The SMILES string of the molecule is CC(O)CC1Cc2c(O)cccc2N1C. The van der Waals surface area contributed by atoms with Gasteiger partial charge in [-0.2, -0.15) is 0 Å². The summed E-state index contributed by atoms with van der Waals surface area (Å²) in [5.41, 5.74) is 2.09. The normalized spacial score (nSPS) is 21.5. The first kappa shape index (κ1) is 10.3. The van der Waals surface area contributed by atoms with Crippen LogP contribution in [0.4, 0.5) is 5.69 Å². The maximum atomic E-state index is 9.71. The molecule has 3 nitrogen and oxygen atoms in total. The van der Waals surface area contributed by atoms with Crippen molar-refractivity contribution in [2.24, 2.45) is 0 Å². The van der Waals surface area contributed by atoms with Crippen LogP contribution in [0.5, 0.6) is 5.75 Å². The summed E-state index contributed by atoms with van der Waals surface area (Å²) in [6.07, 6.45) is 1.27. The molecular formula is C12H17NO2. The molecule has 2 unspecified atom stereocenters. The number of aliphatic hydroxyl groups excluding tert-OH is 1. The molecule has 0 saturated carbocycles. The van der Waals surface area contributed by atoms with E-state index in [1.807, 2.05) is 19.2 Å². The van der Waals surface area contributed by atoms with Crippen molar-refractivity contribution < 1.29 is 10.2 Å². The molecule has 2 atom stereocenters. The van der Waals surface area contributed by atoms with E-state index in [1.165, 1.54) is 0 Å². The molecule has 3 heteroatoms. The van der Waals surface area contributed by atoms with Crippen molar-refractivity contribution in [2.45, 2.75) is 31.9 Å². The van der Waals surface area contributed by atoms with Crippen LogP contribution in [0.3, 0.4) is 0 Å². The Morgan fingerprint density at radius 2 is 2.27 bits per heavy atom. The number of aliphatic hydroxyl groups is 1. The van der Waals surface area contributed by atoms with E-state index in [0.717, 1.165) is 24.1 Å². The third-order valence-corrected chi connectivity index (χ3v) is 3.11. The van der Waals surface area contributed by atoms with Gasteiger partial charge >= 0.3 is 0 Å². The van der Waals surface area contributed by atoms with Gasteiger partial charge in [0.1, 0.15) is 5.75 Å². The van der Waals surface area contributed by atoms with Gasteiger partial charge in [0, 0.05) is 24.3 Å². The molecule has 0 bridgehead atoms. The van der Waals surface area contributed by atoms with Gasteiger partial charge in [0.15, 0.2) is 0 Å². The highest BCUT2D eigenvalue weighted by Crippen LogP contribution is 2.37. The number of fused-ring (bicyclic) bond motifs is 1. The minimum absolute atomic E-state index is 0.297. The van der Waals surface area contributed by atoms with Gasteiger partial charge in [-0.1, -0.05) is 6.07 Å². The predicted molar refractivity (Wildman–Crippen MR) is 60.3 cm³/mol. The van der Waals surface area contributed by atoms with Crippen molar-refractivity contribution in [1.82, 2.24) is 0 Å². The van der Waals surface area contributed by atoms with E-state index in [9.17, 15) is 10.2 Å². The molecule has 2 rings (SSSR count). The van der Waals surface area contributed by atoms with Crippen molar-refractivity contribution in [1.29, 1.82) is 0 Å². The van der Waals surface area contributed by atoms with Crippen LogP contribution in [-0.4, -0.2) is 29.4 Å². The summed E-state index contributed by atoms with van der Waals surface area (Å²) in [5.74, 6) is 0.368. The van der Waals surface area contributed by atoms with E-state index in [4.69, 9.17) is 0 Å².